The Balaban J connectivity index is 1.31. The molecular weight excluding hydrogens is 494 g/mol. The van der Waals surface area contributed by atoms with E-state index in [1.54, 1.807) is 48.8 Å². The topological polar surface area (TPSA) is 142 Å². The maximum atomic E-state index is 12.6. The van der Waals surface area contributed by atoms with Crippen molar-refractivity contribution in [1.29, 1.82) is 0 Å². The molecule has 1 saturated heterocycles. The molecule has 192 valence electrons. The molecule has 0 spiro atoms. The Hall–Kier alpha value is -4.03. The van der Waals surface area contributed by atoms with Gasteiger partial charge in [-0.3, -0.25) is 9.89 Å². The fourth-order valence-electron chi connectivity index (χ4n) is 4.26. The zero-order valence-electron chi connectivity index (χ0n) is 20.4. The van der Waals surface area contributed by atoms with Crippen molar-refractivity contribution in [2.45, 2.75) is 25.8 Å². The van der Waals surface area contributed by atoms with Crippen molar-refractivity contribution in [2.24, 2.45) is 0 Å². The van der Waals surface area contributed by atoms with Crippen molar-refractivity contribution < 1.29 is 17.9 Å². The highest BCUT2D eigenvalue weighted by molar-refractivity contribution is 7.88. The van der Waals surface area contributed by atoms with Crippen molar-refractivity contribution in [3.8, 4) is 11.5 Å². The van der Waals surface area contributed by atoms with Crippen molar-refractivity contribution >= 4 is 38.6 Å². The lowest BCUT2D eigenvalue weighted by Crippen LogP contribution is -2.44. The molecule has 3 N–H and O–H groups in total. The SMILES string of the molecule is Cc1ccnc(NC(=O)c2ccc(Oc3ccnc4[nH]nc(NC5CCCN(S(C)(=O)=O)C5)c34)cc2)c1. The Kier molecular flexibility index (Phi) is 6.76. The Bertz CT molecular complexity index is 1540. The monoisotopic (exact) mass is 521 g/mol. The lowest BCUT2D eigenvalue weighted by Gasteiger charge is -2.31. The molecule has 4 heterocycles. The maximum Gasteiger partial charge on any atom is 0.256 e. The van der Waals surface area contributed by atoms with Crippen molar-refractivity contribution in [1.82, 2.24) is 24.5 Å². The van der Waals surface area contributed by atoms with Gasteiger partial charge in [0.25, 0.3) is 5.91 Å². The molecule has 1 unspecified atom stereocenters. The smallest absolute Gasteiger partial charge is 0.256 e. The van der Waals surface area contributed by atoms with E-state index in [0.29, 0.717) is 52.8 Å². The summed E-state index contributed by atoms with van der Waals surface area (Å²) in [4.78, 5) is 21.1. The fraction of sp³-hybridized carbons (Fsp3) is 0.280. The van der Waals surface area contributed by atoms with E-state index in [0.717, 1.165) is 18.4 Å². The van der Waals surface area contributed by atoms with E-state index in [-0.39, 0.29) is 11.9 Å². The molecule has 4 aromatic rings. The van der Waals surface area contributed by atoms with E-state index in [2.05, 4.69) is 30.8 Å². The molecule has 1 aliphatic rings. The summed E-state index contributed by atoms with van der Waals surface area (Å²) in [6, 6.07) is 12.1. The predicted molar refractivity (Wildman–Crippen MR) is 140 cm³/mol. The number of rotatable bonds is 7. The van der Waals surface area contributed by atoms with Crippen molar-refractivity contribution in [3.05, 3.63) is 66.0 Å². The summed E-state index contributed by atoms with van der Waals surface area (Å²) < 4.78 is 31.6. The second-order valence-electron chi connectivity index (χ2n) is 9.01. The number of sulfonamides is 1. The standard InChI is InChI=1S/C25H27N7O4S/c1-16-9-11-26-21(14-16)29-25(33)17-5-7-19(8-6-17)36-20-10-12-27-23-22(20)24(31-30-23)28-18-4-3-13-32(15-18)37(2,34)35/h5-12,14,18H,3-4,13,15H2,1-2H3,(H,26,29,33)(H2,27,28,30,31). The summed E-state index contributed by atoms with van der Waals surface area (Å²) in [6.45, 7) is 2.81. The number of aromatic amines is 1. The lowest BCUT2D eigenvalue weighted by molar-refractivity contribution is 0.102. The molecule has 1 fully saturated rings. The van der Waals surface area contributed by atoms with Crippen LogP contribution in [-0.4, -0.2) is 64.2 Å². The molecule has 1 amide bonds. The molecule has 3 aromatic heterocycles. The van der Waals surface area contributed by atoms with Gasteiger partial charge in [0, 0.05) is 43.2 Å². The third-order valence-electron chi connectivity index (χ3n) is 6.12. The summed E-state index contributed by atoms with van der Waals surface area (Å²) in [5.41, 5.74) is 2.01. The van der Waals surface area contributed by atoms with E-state index in [1.807, 2.05) is 13.0 Å². The Morgan fingerprint density at radius 2 is 1.92 bits per heavy atom. The van der Waals surface area contributed by atoms with Gasteiger partial charge >= 0.3 is 0 Å². The Morgan fingerprint density at radius 3 is 2.68 bits per heavy atom. The van der Waals surface area contributed by atoms with Crippen LogP contribution >= 0.6 is 0 Å². The molecule has 1 aromatic carbocycles. The first-order chi connectivity index (χ1) is 17.8. The lowest BCUT2D eigenvalue weighted by atomic mass is 10.1. The highest BCUT2D eigenvalue weighted by Gasteiger charge is 2.27. The molecule has 37 heavy (non-hydrogen) atoms. The van der Waals surface area contributed by atoms with Gasteiger partial charge in [0.15, 0.2) is 11.5 Å². The van der Waals surface area contributed by atoms with Gasteiger partial charge in [0.1, 0.15) is 22.7 Å². The van der Waals surface area contributed by atoms with Crippen LogP contribution in [0.3, 0.4) is 0 Å². The molecule has 0 bridgehead atoms. The number of amides is 1. The molecule has 1 aliphatic heterocycles. The van der Waals surface area contributed by atoms with Crippen LogP contribution in [0.2, 0.25) is 0 Å². The minimum absolute atomic E-state index is 0.0938. The summed E-state index contributed by atoms with van der Waals surface area (Å²) in [5.74, 6) is 1.82. The average Bonchev–Trinajstić information content (AvgIpc) is 3.28. The van der Waals surface area contributed by atoms with Gasteiger partial charge in [0.2, 0.25) is 10.0 Å². The molecule has 5 rings (SSSR count). The number of carbonyl (C=O) groups excluding carboxylic acids is 1. The van der Waals surface area contributed by atoms with Gasteiger partial charge in [-0.25, -0.2) is 22.7 Å². The zero-order valence-corrected chi connectivity index (χ0v) is 21.2. The minimum Gasteiger partial charge on any atom is -0.456 e. The molecule has 0 radical (unpaired) electrons. The number of H-pyrrole nitrogens is 1. The molecule has 0 saturated carbocycles. The number of ether oxygens (including phenoxy) is 1. The number of aryl methyl sites for hydroxylation is 1. The number of carbonyl (C=O) groups is 1. The second kappa shape index (κ2) is 10.1. The van der Waals surface area contributed by atoms with Crippen LogP contribution in [0.25, 0.3) is 11.0 Å². The van der Waals surface area contributed by atoms with Gasteiger partial charge in [-0.2, -0.15) is 5.10 Å². The first-order valence-corrected chi connectivity index (χ1v) is 13.7. The number of nitrogens with zero attached hydrogens (tertiary/aromatic N) is 4. The second-order valence-corrected chi connectivity index (χ2v) is 11.0. The number of hydrogen-bond acceptors (Lipinski definition) is 8. The molecule has 11 nitrogen and oxygen atoms in total. The first-order valence-electron chi connectivity index (χ1n) is 11.8. The summed E-state index contributed by atoms with van der Waals surface area (Å²) in [7, 11) is -3.26. The molecular formula is C25H27N7O4S. The molecule has 1 atom stereocenters. The van der Waals surface area contributed by atoms with Crippen LogP contribution in [0.4, 0.5) is 11.6 Å². The number of piperidine rings is 1. The van der Waals surface area contributed by atoms with Gasteiger partial charge in [-0.15, -0.1) is 0 Å². The number of benzene rings is 1. The highest BCUT2D eigenvalue weighted by atomic mass is 32.2. The fourth-order valence-corrected chi connectivity index (χ4v) is 5.17. The summed E-state index contributed by atoms with van der Waals surface area (Å²) in [5, 5.41) is 14.1. The molecule has 12 heteroatoms. The van der Waals surface area contributed by atoms with Crippen LogP contribution < -0.4 is 15.4 Å². The average molecular weight is 522 g/mol. The largest absolute Gasteiger partial charge is 0.456 e. The Morgan fingerprint density at radius 1 is 1.14 bits per heavy atom. The molecule has 0 aliphatic carbocycles. The number of fused-ring (bicyclic) bond motifs is 1. The van der Waals surface area contributed by atoms with E-state index in [9.17, 15) is 13.2 Å². The third kappa shape index (κ3) is 5.70. The van der Waals surface area contributed by atoms with Crippen LogP contribution in [0, 0.1) is 6.92 Å². The predicted octanol–water partition coefficient (Wildman–Crippen LogP) is 3.54. The number of anilines is 2. The maximum absolute atomic E-state index is 12.6. The van der Waals surface area contributed by atoms with E-state index < -0.39 is 10.0 Å². The van der Waals surface area contributed by atoms with Crippen LogP contribution in [0.1, 0.15) is 28.8 Å². The quantitative estimate of drug-likeness (QED) is 0.335. The van der Waals surface area contributed by atoms with Crippen molar-refractivity contribution in [2.75, 3.05) is 30.0 Å². The van der Waals surface area contributed by atoms with Gasteiger partial charge in [0.05, 0.1) is 6.26 Å². The van der Waals surface area contributed by atoms with E-state index in [1.165, 1.54) is 10.6 Å². The van der Waals surface area contributed by atoms with Crippen molar-refractivity contribution in [3.63, 3.8) is 0 Å². The number of pyridine rings is 2. The third-order valence-corrected chi connectivity index (χ3v) is 7.39. The zero-order chi connectivity index (χ0) is 26.0. The van der Waals surface area contributed by atoms with Crippen LogP contribution in [-0.2, 0) is 10.0 Å². The number of hydrogen-bond donors (Lipinski definition) is 3. The van der Waals surface area contributed by atoms with Gasteiger partial charge < -0.3 is 15.4 Å². The van der Waals surface area contributed by atoms with E-state index >= 15 is 0 Å². The van der Waals surface area contributed by atoms with Crippen LogP contribution in [0.15, 0.2) is 54.9 Å². The Labute approximate surface area is 214 Å². The number of nitrogens with one attached hydrogen (secondary N) is 3. The summed E-state index contributed by atoms with van der Waals surface area (Å²) in [6.07, 6.45) is 6.06. The van der Waals surface area contributed by atoms with Gasteiger partial charge in [-0.05, 0) is 61.7 Å². The van der Waals surface area contributed by atoms with Gasteiger partial charge in [-0.1, -0.05) is 0 Å². The normalized spacial score (nSPS) is 16.4. The number of aromatic nitrogens is 4. The highest BCUT2D eigenvalue weighted by Crippen LogP contribution is 2.33. The van der Waals surface area contributed by atoms with Crippen LogP contribution in [0.5, 0.6) is 11.5 Å². The first kappa shape index (κ1) is 24.7. The summed E-state index contributed by atoms with van der Waals surface area (Å²) >= 11 is 0. The van der Waals surface area contributed by atoms with E-state index in [4.69, 9.17) is 4.74 Å². The minimum atomic E-state index is -3.26.